The SMILES string of the molecule is CC(OC(=O)CCN1c2ccccc2Sc2ccccc21)C(=O)Nc1ccc(S(N)(=O)=O)cc1. The van der Waals surface area contributed by atoms with Crippen LogP contribution in [0.1, 0.15) is 13.3 Å². The van der Waals surface area contributed by atoms with E-state index in [-0.39, 0.29) is 11.3 Å². The van der Waals surface area contributed by atoms with Crippen LogP contribution in [0.15, 0.2) is 87.5 Å². The number of sulfonamides is 1. The molecule has 0 bridgehead atoms. The van der Waals surface area contributed by atoms with Crippen LogP contribution in [0, 0.1) is 0 Å². The van der Waals surface area contributed by atoms with E-state index in [9.17, 15) is 18.0 Å². The lowest BCUT2D eigenvalue weighted by Crippen LogP contribution is -2.31. The molecule has 1 aliphatic heterocycles. The summed E-state index contributed by atoms with van der Waals surface area (Å²) in [7, 11) is -3.82. The van der Waals surface area contributed by atoms with Crippen LogP contribution in [-0.2, 0) is 24.3 Å². The number of nitrogens with two attached hydrogens (primary N) is 1. The van der Waals surface area contributed by atoms with E-state index in [1.54, 1.807) is 11.8 Å². The van der Waals surface area contributed by atoms with Crippen molar-refractivity contribution in [2.45, 2.75) is 34.1 Å². The number of nitrogens with one attached hydrogen (secondary N) is 1. The summed E-state index contributed by atoms with van der Waals surface area (Å²) in [4.78, 5) is 29.2. The third-order valence-electron chi connectivity index (χ3n) is 5.20. The standard InChI is InChI=1S/C24H23N3O5S2/c1-16(24(29)26-17-10-12-18(13-11-17)34(25,30)31)32-23(28)14-15-27-19-6-2-4-8-21(19)33-22-9-5-3-7-20(22)27/h2-13,16H,14-15H2,1H3,(H,26,29)(H2,25,30,31). The second-order valence-electron chi connectivity index (χ2n) is 7.63. The molecule has 0 saturated carbocycles. The van der Waals surface area contributed by atoms with E-state index in [1.165, 1.54) is 31.2 Å². The molecule has 4 rings (SSSR count). The molecule has 1 amide bonds. The summed E-state index contributed by atoms with van der Waals surface area (Å²) in [5.41, 5.74) is 2.40. The molecule has 1 unspecified atom stereocenters. The number of carbonyl (C=O) groups excluding carboxylic acids is 2. The molecule has 1 heterocycles. The molecule has 34 heavy (non-hydrogen) atoms. The first-order chi connectivity index (χ1) is 16.2. The van der Waals surface area contributed by atoms with Crippen molar-refractivity contribution in [3.63, 3.8) is 0 Å². The Morgan fingerprint density at radius 2 is 1.53 bits per heavy atom. The summed E-state index contributed by atoms with van der Waals surface area (Å²) in [5, 5.41) is 7.66. The Bertz CT molecular complexity index is 1280. The first kappa shape index (κ1) is 23.8. The highest BCUT2D eigenvalue weighted by Crippen LogP contribution is 2.47. The molecule has 0 saturated heterocycles. The van der Waals surface area contributed by atoms with Gasteiger partial charge in [-0.1, -0.05) is 36.0 Å². The van der Waals surface area contributed by atoms with Crippen LogP contribution >= 0.6 is 11.8 Å². The number of esters is 1. The van der Waals surface area contributed by atoms with E-state index in [0.29, 0.717) is 12.2 Å². The number of hydrogen-bond acceptors (Lipinski definition) is 7. The van der Waals surface area contributed by atoms with E-state index in [1.807, 2.05) is 48.5 Å². The fourth-order valence-corrected chi connectivity index (χ4v) is 5.12. The molecule has 0 aliphatic carbocycles. The van der Waals surface area contributed by atoms with Crippen molar-refractivity contribution in [2.24, 2.45) is 5.14 Å². The van der Waals surface area contributed by atoms with Gasteiger partial charge in [-0.15, -0.1) is 0 Å². The number of fused-ring (bicyclic) bond motifs is 2. The summed E-state index contributed by atoms with van der Waals surface area (Å²) in [5.74, 6) is -1.03. The Labute approximate surface area is 202 Å². The number of anilines is 3. The first-order valence-electron chi connectivity index (χ1n) is 10.5. The second kappa shape index (κ2) is 9.88. The molecule has 8 nitrogen and oxygen atoms in total. The molecule has 176 valence electrons. The van der Waals surface area contributed by atoms with E-state index in [0.717, 1.165) is 21.2 Å². The first-order valence-corrected chi connectivity index (χ1v) is 12.9. The maximum atomic E-state index is 12.5. The third kappa shape index (κ3) is 5.41. The Morgan fingerprint density at radius 3 is 2.09 bits per heavy atom. The van der Waals surface area contributed by atoms with Gasteiger partial charge in [-0.05, 0) is 55.5 Å². The van der Waals surface area contributed by atoms with Gasteiger partial charge in [0.05, 0.1) is 22.7 Å². The van der Waals surface area contributed by atoms with Crippen LogP contribution < -0.4 is 15.4 Å². The number of carbonyl (C=O) groups is 2. The minimum Gasteiger partial charge on any atom is -0.452 e. The van der Waals surface area contributed by atoms with Crippen LogP contribution in [0.3, 0.4) is 0 Å². The molecule has 1 aliphatic rings. The van der Waals surface area contributed by atoms with Gasteiger partial charge in [-0.3, -0.25) is 9.59 Å². The van der Waals surface area contributed by atoms with Crippen molar-refractivity contribution in [3.05, 3.63) is 72.8 Å². The quantitative estimate of drug-likeness (QED) is 0.475. The maximum Gasteiger partial charge on any atom is 0.308 e. The average Bonchev–Trinajstić information content (AvgIpc) is 2.81. The minimum absolute atomic E-state index is 0.0655. The summed E-state index contributed by atoms with van der Waals surface area (Å²) < 4.78 is 28.0. The maximum absolute atomic E-state index is 12.5. The molecule has 0 radical (unpaired) electrons. The number of rotatable bonds is 7. The van der Waals surface area contributed by atoms with Crippen LogP contribution in [0.25, 0.3) is 0 Å². The van der Waals surface area contributed by atoms with Crippen molar-refractivity contribution >= 4 is 50.7 Å². The highest BCUT2D eigenvalue weighted by molar-refractivity contribution is 7.99. The van der Waals surface area contributed by atoms with Gasteiger partial charge in [0, 0.05) is 22.0 Å². The monoisotopic (exact) mass is 497 g/mol. The number of nitrogens with zero attached hydrogens (tertiary/aromatic N) is 1. The highest BCUT2D eigenvalue weighted by atomic mass is 32.2. The van der Waals surface area contributed by atoms with Gasteiger partial charge < -0.3 is 15.0 Å². The fourth-order valence-electron chi connectivity index (χ4n) is 3.51. The number of primary sulfonamides is 1. The molecule has 0 fully saturated rings. The van der Waals surface area contributed by atoms with Crippen molar-refractivity contribution in [3.8, 4) is 0 Å². The Hall–Kier alpha value is -3.34. The lowest BCUT2D eigenvalue weighted by molar-refractivity contribution is -0.152. The van der Waals surface area contributed by atoms with E-state index >= 15 is 0 Å². The average molecular weight is 498 g/mol. The van der Waals surface area contributed by atoms with Crippen LogP contribution in [0.2, 0.25) is 0 Å². The number of benzene rings is 3. The van der Waals surface area contributed by atoms with Crippen molar-refractivity contribution in [1.29, 1.82) is 0 Å². The van der Waals surface area contributed by atoms with E-state index in [4.69, 9.17) is 9.88 Å². The van der Waals surface area contributed by atoms with Crippen molar-refractivity contribution in [1.82, 2.24) is 0 Å². The molecule has 0 spiro atoms. The largest absolute Gasteiger partial charge is 0.452 e. The van der Waals surface area contributed by atoms with Crippen molar-refractivity contribution < 1.29 is 22.7 Å². The fraction of sp³-hybridized carbons (Fsp3) is 0.167. The Morgan fingerprint density at radius 1 is 0.971 bits per heavy atom. The van der Waals surface area contributed by atoms with Gasteiger partial charge in [0.15, 0.2) is 6.10 Å². The normalized spacial score (nSPS) is 13.4. The smallest absolute Gasteiger partial charge is 0.308 e. The van der Waals surface area contributed by atoms with Gasteiger partial charge in [-0.25, -0.2) is 13.6 Å². The predicted molar refractivity (Wildman–Crippen MR) is 131 cm³/mol. The zero-order chi connectivity index (χ0) is 24.3. The molecule has 3 aromatic rings. The van der Waals surface area contributed by atoms with Gasteiger partial charge in [0.25, 0.3) is 5.91 Å². The van der Waals surface area contributed by atoms with Gasteiger partial charge in [0.1, 0.15) is 0 Å². The predicted octanol–water partition coefficient (Wildman–Crippen LogP) is 3.90. The Kier molecular flexibility index (Phi) is 6.92. The molecule has 10 heteroatoms. The van der Waals surface area contributed by atoms with Crippen LogP contribution in [-0.4, -0.2) is 32.9 Å². The molecule has 3 N–H and O–H groups in total. The minimum atomic E-state index is -3.82. The number of ether oxygens (including phenoxy) is 1. The molecular formula is C24H23N3O5S2. The zero-order valence-electron chi connectivity index (χ0n) is 18.3. The van der Waals surface area contributed by atoms with Gasteiger partial charge in [-0.2, -0.15) is 0 Å². The molecule has 3 aromatic carbocycles. The van der Waals surface area contributed by atoms with E-state index < -0.39 is 28.0 Å². The summed E-state index contributed by atoms with van der Waals surface area (Å²) in [6, 6.07) is 21.4. The summed E-state index contributed by atoms with van der Waals surface area (Å²) >= 11 is 1.69. The van der Waals surface area contributed by atoms with Gasteiger partial charge in [0.2, 0.25) is 10.0 Å². The molecular weight excluding hydrogens is 474 g/mol. The number of amides is 1. The number of hydrogen-bond donors (Lipinski definition) is 2. The van der Waals surface area contributed by atoms with Crippen LogP contribution in [0.4, 0.5) is 17.1 Å². The van der Waals surface area contributed by atoms with Gasteiger partial charge >= 0.3 is 5.97 Å². The molecule has 1 atom stereocenters. The van der Waals surface area contributed by atoms with E-state index in [2.05, 4.69) is 10.2 Å². The third-order valence-corrected chi connectivity index (χ3v) is 7.26. The Balaban J connectivity index is 1.36. The highest BCUT2D eigenvalue weighted by Gasteiger charge is 2.24. The van der Waals surface area contributed by atoms with Crippen LogP contribution in [0.5, 0.6) is 0 Å². The molecule has 0 aromatic heterocycles. The summed E-state index contributed by atoms with van der Waals surface area (Å²) in [6.07, 6.45) is -0.935. The lowest BCUT2D eigenvalue weighted by Gasteiger charge is -2.32. The van der Waals surface area contributed by atoms with Crippen molar-refractivity contribution in [2.75, 3.05) is 16.8 Å². The zero-order valence-corrected chi connectivity index (χ0v) is 19.9. The number of para-hydroxylation sites is 2. The lowest BCUT2D eigenvalue weighted by atomic mass is 10.2. The second-order valence-corrected chi connectivity index (χ2v) is 10.3. The summed E-state index contributed by atoms with van der Waals surface area (Å²) in [6.45, 7) is 1.88. The topological polar surface area (TPSA) is 119 Å².